The van der Waals surface area contributed by atoms with Crippen LogP contribution in [0.5, 0.6) is 0 Å². The number of hydrogen-bond donors (Lipinski definition) is 1. The average molecular weight is 257 g/mol. The molecular formula is C10H12FN3O2S. The first-order chi connectivity index (χ1) is 7.88. The van der Waals surface area contributed by atoms with Crippen molar-refractivity contribution in [2.24, 2.45) is 5.14 Å². The van der Waals surface area contributed by atoms with E-state index in [4.69, 9.17) is 10.4 Å². The van der Waals surface area contributed by atoms with Gasteiger partial charge in [-0.05, 0) is 12.1 Å². The molecule has 5 nitrogen and oxygen atoms in total. The van der Waals surface area contributed by atoms with Gasteiger partial charge in [0.15, 0.2) is 0 Å². The molecule has 1 aromatic rings. The fourth-order valence-electron chi connectivity index (χ4n) is 1.32. The van der Waals surface area contributed by atoms with Crippen LogP contribution in [0.25, 0.3) is 0 Å². The maximum Gasteiger partial charge on any atom is 0.277 e. The highest BCUT2D eigenvalue weighted by molar-refractivity contribution is 7.86. The van der Waals surface area contributed by atoms with E-state index in [2.05, 4.69) is 0 Å². The molecule has 7 heteroatoms. The molecule has 0 aliphatic heterocycles. The lowest BCUT2D eigenvalue weighted by Gasteiger charge is -2.17. The lowest BCUT2D eigenvalue weighted by molar-refractivity contribution is 0.416. The van der Waals surface area contributed by atoms with Crippen LogP contribution < -0.4 is 5.14 Å². The van der Waals surface area contributed by atoms with Crippen LogP contribution >= 0.6 is 0 Å². The van der Waals surface area contributed by atoms with Gasteiger partial charge in [-0.2, -0.15) is 18.0 Å². The van der Waals surface area contributed by atoms with Gasteiger partial charge in [0, 0.05) is 18.7 Å². The van der Waals surface area contributed by atoms with Crippen molar-refractivity contribution < 1.29 is 12.8 Å². The lowest BCUT2D eigenvalue weighted by Crippen LogP contribution is -2.36. The van der Waals surface area contributed by atoms with Gasteiger partial charge in [0.25, 0.3) is 10.2 Å². The minimum Gasteiger partial charge on any atom is -0.216 e. The summed E-state index contributed by atoms with van der Waals surface area (Å²) < 4.78 is 36.7. The third-order valence-corrected chi connectivity index (χ3v) is 3.35. The first-order valence-corrected chi connectivity index (χ1v) is 6.35. The minimum absolute atomic E-state index is 0.146. The maximum absolute atomic E-state index is 13.5. The molecule has 0 fully saturated rings. The zero-order chi connectivity index (χ0) is 13.1. The van der Waals surface area contributed by atoms with Crippen LogP contribution in [0.1, 0.15) is 18.1 Å². The van der Waals surface area contributed by atoms with Gasteiger partial charge in [0.1, 0.15) is 5.82 Å². The molecule has 1 aromatic carbocycles. The summed E-state index contributed by atoms with van der Waals surface area (Å²) in [5.41, 5.74) is 0.366. The van der Waals surface area contributed by atoms with Crippen LogP contribution in [0, 0.1) is 17.1 Å². The van der Waals surface area contributed by atoms with E-state index in [1.54, 1.807) is 13.0 Å². The smallest absolute Gasteiger partial charge is 0.216 e. The Bertz CT molecular complexity index is 551. The number of nitrogens with zero attached hydrogens (tertiary/aromatic N) is 2. The molecule has 2 N–H and O–H groups in total. The number of nitrogens with two attached hydrogens (primary N) is 1. The van der Waals surface area contributed by atoms with E-state index in [0.29, 0.717) is 0 Å². The molecule has 0 aliphatic carbocycles. The van der Waals surface area contributed by atoms with E-state index < -0.39 is 16.0 Å². The van der Waals surface area contributed by atoms with Gasteiger partial charge >= 0.3 is 0 Å². The van der Waals surface area contributed by atoms with Crippen LogP contribution in [0.15, 0.2) is 18.2 Å². The van der Waals surface area contributed by atoms with Crippen molar-refractivity contribution >= 4 is 10.2 Å². The molecule has 1 rings (SSSR count). The summed E-state index contributed by atoms with van der Waals surface area (Å²) in [6.45, 7) is 1.61. The van der Waals surface area contributed by atoms with E-state index in [-0.39, 0.29) is 24.2 Å². The zero-order valence-corrected chi connectivity index (χ0v) is 10.0. The Morgan fingerprint density at radius 3 is 2.59 bits per heavy atom. The average Bonchev–Trinajstić information content (AvgIpc) is 2.25. The molecule has 0 heterocycles. The second-order valence-electron chi connectivity index (χ2n) is 3.39. The van der Waals surface area contributed by atoms with Crippen LogP contribution in [0.4, 0.5) is 4.39 Å². The molecule has 0 spiro atoms. The summed E-state index contributed by atoms with van der Waals surface area (Å²) in [7, 11) is -3.84. The first kappa shape index (κ1) is 13.6. The maximum atomic E-state index is 13.5. The normalized spacial score (nSPS) is 11.5. The molecule has 92 valence electrons. The van der Waals surface area contributed by atoms with Gasteiger partial charge < -0.3 is 0 Å². The van der Waals surface area contributed by atoms with Crippen molar-refractivity contribution in [2.75, 3.05) is 6.54 Å². The van der Waals surface area contributed by atoms with Crippen molar-refractivity contribution in [2.45, 2.75) is 13.5 Å². The van der Waals surface area contributed by atoms with Crippen molar-refractivity contribution in [3.05, 3.63) is 35.1 Å². The summed E-state index contributed by atoms with van der Waals surface area (Å²) in [6.07, 6.45) is 0. The van der Waals surface area contributed by atoms with E-state index in [1.165, 1.54) is 12.1 Å². The number of benzene rings is 1. The Hall–Kier alpha value is -1.49. The van der Waals surface area contributed by atoms with Gasteiger partial charge in [0.05, 0.1) is 11.6 Å². The lowest BCUT2D eigenvalue weighted by atomic mass is 10.1. The van der Waals surface area contributed by atoms with Gasteiger partial charge in [0.2, 0.25) is 0 Å². The Morgan fingerprint density at radius 2 is 2.18 bits per heavy atom. The van der Waals surface area contributed by atoms with Crippen LogP contribution in [0.3, 0.4) is 0 Å². The molecule has 0 saturated heterocycles. The summed E-state index contributed by atoms with van der Waals surface area (Å²) >= 11 is 0. The van der Waals surface area contributed by atoms with Crippen molar-refractivity contribution in [3.8, 4) is 6.07 Å². The molecule has 0 amide bonds. The first-order valence-electron chi connectivity index (χ1n) is 4.85. The highest BCUT2D eigenvalue weighted by atomic mass is 32.2. The van der Waals surface area contributed by atoms with Crippen LogP contribution in [-0.4, -0.2) is 19.3 Å². The molecule has 0 bridgehead atoms. The molecule has 0 atom stereocenters. The third-order valence-electron chi connectivity index (χ3n) is 2.24. The monoisotopic (exact) mass is 257 g/mol. The Kier molecular flexibility index (Phi) is 4.17. The SMILES string of the molecule is CCN(Cc1ccc(C#N)cc1F)S(N)(=O)=O. The van der Waals surface area contributed by atoms with Crippen molar-refractivity contribution in [1.29, 1.82) is 5.26 Å². The van der Waals surface area contributed by atoms with Gasteiger partial charge in [-0.25, -0.2) is 9.53 Å². The van der Waals surface area contributed by atoms with Crippen LogP contribution in [0.2, 0.25) is 0 Å². The Balaban J connectivity index is 3.00. The van der Waals surface area contributed by atoms with E-state index in [9.17, 15) is 12.8 Å². The minimum atomic E-state index is -3.84. The second-order valence-corrected chi connectivity index (χ2v) is 4.94. The molecular weight excluding hydrogens is 245 g/mol. The fraction of sp³-hybridized carbons (Fsp3) is 0.300. The molecule has 0 aromatic heterocycles. The summed E-state index contributed by atoms with van der Waals surface area (Å²) in [4.78, 5) is 0. The van der Waals surface area contributed by atoms with Gasteiger partial charge in [-0.15, -0.1) is 0 Å². The standard InChI is InChI=1S/C10H12FN3O2S/c1-2-14(17(13,15)16)7-9-4-3-8(6-12)5-10(9)11/h3-5H,2,7H2,1H3,(H2,13,15,16). The topological polar surface area (TPSA) is 87.2 Å². The predicted octanol–water partition coefficient (Wildman–Crippen LogP) is 0.723. The van der Waals surface area contributed by atoms with Crippen molar-refractivity contribution in [1.82, 2.24) is 4.31 Å². The van der Waals surface area contributed by atoms with E-state index in [0.717, 1.165) is 10.4 Å². The zero-order valence-electron chi connectivity index (χ0n) is 9.22. The highest BCUT2D eigenvalue weighted by Crippen LogP contribution is 2.13. The van der Waals surface area contributed by atoms with Gasteiger partial charge in [-0.3, -0.25) is 0 Å². The fourth-order valence-corrected chi connectivity index (χ4v) is 2.00. The van der Waals surface area contributed by atoms with Gasteiger partial charge in [-0.1, -0.05) is 13.0 Å². The Morgan fingerprint density at radius 1 is 1.53 bits per heavy atom. The number of nitriles is 1. The molecule has 0 saturated carbocycles. The largest absolute Gasteiger partial charge is 0.277 e. The molecule has 0 unspecified atom stereocenters. The highest BCUT2D eigenvalue weighted by Gasteiger charge is 2.17. The summed E-state index contributed by atoms with van der Waals surface area (Å²) in [6, 6.07) is 5.66. The Labute approximate surface area is 99.4 Å². The summed E-state index contributed by atoms with van der Waals surface area (Å²) in [5, 5.41) is 13.5. The third kappa shape index (κ3) is 3.49. The molecule has 0 radical (unpaired) electrons. The molecule has 17 heavy (non-hydrogen) atoms. The predicted molar refractivity (Wildman–Crippen MR) is 60.3 cm³/mol. The summed E-state index contributed by atoms with van der Waals surface area (Å²) in [5.74, 6) is -0.619. The number of hydrogen-bond acceptors (Lipinski definition) is 3. The van der Waals surface area contributed by atoms with Crippen LogP contribution in [-0.2, 0) is 16.8 Å². The number of rotatable bonds is 4. The second kappa shape index (κ2) is 5.23. The van der Waals surface area contributed by atoms with E-state index in [1.807, 2.05) is 0 Å². The van der Waals surface area contributed by atoms with Crippen molar-refractivity contribution in [3.63, 3.8) is 0 Å². The quantitative estimate of drug-likeness (QED) is 0.862. The molecule has 0 aliphatic rings. The number of halogens is 1. The van der Waals surface area contributed by atoms with E-state index >= 15 is 0 Å².